The van der Waals surface area contributed by atoms with Gasteiger partial charge < -0.3 is 15.7 Å². The summed E-state index contributed by atoms with van der Waals surface area (Å²) in [5.41, 5.74) is 3.29. The van der Waals surface area contributed by atoms with E-state index >= 15 is 0 Å². The molecule has 4 nitrogen and oxygen atoms in total. The van der Waals surface area contributed by atoms with Crippen LogP contribution >= 0.6 is 0 Å². The number of nitrogens with one attached hydrogen (secondary N) is 2. The number of carbonyl (C=O) groups excluding carboxylic acids is 1. The summed E-state index contributed by atoms with van der Waals surface area (Å²) in [5.74, 6) is -0.364. The molecule has 5 heteroatoms. The number of amides is 2. The minimum Gasteiger partial charge on any atom is -0.387 e. The van der Waals surface area contributed by atoms with E-state index in [1.165, 1.54) is 24.3 Å². The highest BCUT2D eigenvalue weighted by molar-refractivity contribution is 5.90. The van der Waals surface area contributed by atoms with Gasteiger partial charge in [0, 0.05) is 12.2 Å². The molecule has 1 atom stereocenters. The molecule has 0 aliphatic rings. The van der Waals surface area contributed by atoms with Gasteiger partial charge in [0.2, 0.25) is 0 Å². The molecule has 0 fully saturated rings. The fourth-order valence-corrected chi connectivity index (χ4v) is 2.03. The number of rotatable bonds is 4. The highest BCUT2D eigenvalue weighted by Gasteiger charge is 2.10. The van der Waals surface area contributed by atoms with Gasteiger partial charge in [-0.3, -0.25) is 0 Å². The third-order valence-corrected chi connectivity index (χ3v) is 3.35. The van der Waals surface area contributed by atoms with Gasteiger partial charge in [-0.25, -0.2) is 9.18 Å². The molecular formula is C17H19FN2O2. The van der Waals surface area contributed by atoms with Gasteiger partial charge >= 0.3 is 6.03 Å². The smallest absolute Gasteiger partial charge is 0.319 e. The molecule has 2 amide bonds. The fourth-order valence-electron chi connectivity index (χ4n) is 2.03. The molecule has 0 saturated carbocycles. The molecule has 3 N–H and O–H groups in total. The Hall–Kier alpha value is -2.40. The molecule has 0 unspecified atom stereocenters. The largest absolute Gasteiger partial charge is 0.387 e. The topological polar surface area (TPSA) is 61.4 Å². The van der Waals surface area contributed by atoms with Crippen LogP contribution in [0, 0.1) is 19.7 Å². The Balaban J connectivity index is 1.89. The highest BCUT2D eigenvalue weighted by Crippen LogP contribution is 2.16. The number of carbonyl (C=O) groups is 1. The van der Waals surface area contributed by atoms with E-state index in [1.807, 2.05) is 32.0 Å². The van der Waals surface area contributed by atoms with Crippen molar-refractivity contribution in [1.82, 2.24) is 5.32 Å². The first-order valence-corrected chi connectivity index (χ1v) is 7.01. The molecule has 2 rings (SSSR count). The first-order valence-electron chi connectivity index (χ1n) is 7.01. The lowest BCUT2D eigenvalue weighted by Crippen LogP contribution is -2.32. The number of hydrogen-bond donors (Lipinski definition) is 3. The Kier molecular flexibility index (Phi) is 5.12. The molecule has 0 spiro atoms. The first kappa shape index (κ1) is 16.0. The maximum Gasteiger partial charge on any atom is 0.319 e. The summed E-state index contributed by atoms with van der Waals surface area (Å²) >= 11 is 0. The number of aliphatic hydroxyl groups is 1. The van der Waals surface area contributed by atoms with Crippen LogP contribution in [0.15, 0.2) is 42.5 Å². The summed E-state index contributed by atoms with van der Waals surface area (Å²) in [6.45, 7) is 3.89. The standard InChI is InChI=1S/C17H19FN2O2/c1-11-3-4-12(2)15(9-11)20-17(22)19-10-16(21)13-5-7-14(18)8-6-13/h3-9,16,21H,10H2,1-2H3,(H2,19,20,22)/t16-/m0/s1. The van der Waals surface area contributed by atoms with Crippen molar-refractivity contribution in [2.75, 3.05) is 11.9 Å². The van der Waals surface area contributed by atoms with Crippen LogP contribution in [0.2, 0.25) is 0 Å². The molecule has 0 heterocycles. The summed E-state index contributed by atoms with van der Waals surface area (Å²) in [5, 5.41) is 15.3. The van der Waals surface area contributed by atoms with E-state index in [0.717, 1.165) is 16.8 Å². The van der Waals surface area contributed by atoms with Gasteiger partial charge in [-0.05, 0) is 48.7 Å². The molecule has 2 aromatic rings. The number of benzene rings is 2. The van der Waals surface area contributed by atoms with Gasteiger partial charge in [0.1, 0.15) is 5.82 Å². The summed E-state index contributed by atoms with van der Waals surface area (Å²) in [6.07, 6.45) is -0.884. The summed E-state index contributed by atoms with van der Waals surface area (Å²) in [7, 11) is 0. The number of halogens is 1. The molecule has 116 valence electrons. The van der Waals surface area contributed by atoms with Gasteiger partial charge in [0.15, 0.2) is 0 Å². The van der Waals surface area contributed by atoms with E-state index in [2.05, 4.69) is 10.6 Å². The van der Waals surface area contributed by atoms with Gasteiger partial charge in [0.05, 0.1) is 6.10 Å². The summed E-state index contributed by atoms with van der Waals surface area (Å²) in [4.78, 5) is 11.9. The Morgan fingerprint density at radius 3 is 2.55 bits per heavy atom. The van der Waals surface area contributed by atoms with Crippen LogP contribution in [-0.4, -0.2) is 17.7 Å². The maximum atomic E-state index is 12.8. The average molecular weight is 302 g/mol. The van der Waals surface area contributed by atoms with Crippen molar-refractivity contribution < 1.29 is 14.3 Å². The summed E-state index contributed by atoms with van der Waals surface area (Å²) < 4.78 is 12.8. The third-order valence-electron chi connectivity index (χ3n) is 3.35. The maximum absolute atomic E-state index is 12.8. The van der Waals surface area contributed by atoms with E-state index in [-0.39, 0.29) is 12.4 Å². The Labute approximate surface area is 129 Å². The molecular weight excluding hydrogens is 283 g/mol. The SMILES string of the molecule is Cc1ccc(C)c(NC(=O)NC[C@H](O)c2ccc(F)cc2)c1. The van der Waals surface area contributed by atoms with Gasteiger partial charge in [0.25, 0.3) is 0 Å². The average Bonchev–Trinajstić information content (AvgIpc) is 2.49. The van der Waals surface area contributed by atoms with Gasteiger partial charge in [-0.15, -0.1) is 0 Å². The molecule has 2 aromatic carbocycles. The lowest BCUT2D eigenvalue weighted by atomic mass is 10.1. The normalized spacial score (nSPS) is 11.8. The predicted molar refractivity (Wildman–Crippen MR) is 84.3 cm³/mol. The summed E-state index contributed by atoms with van der Waals surface area (Å²) in [6, 6.07) is 10.9. The van der Waals surface area contributed by atoms with Crippen molar-refractivity contribution in [2.45, 2.75) is 20.0 Å². The van der Waals surface area contributed by atoms with Crippen LogP contribution in [0.25, 0.3) is 0 Å². The lowest BCUT2D eigenvalue weighted by molar-refractivity contribution is 0.175. The number of aryl methyl sites for hydroxylation is 2. The van der Waals surface area contributed by atoms with Crippen LogP contribution in [0.3, 0.4) is 0 Å². The number of anilines is 1. The van der Waals surface area contributed by atoms with E-state index < -0.39 is 12.1 Å². The predicted octanol–water partition coefficient (Wildman–Crippen LogP) is 3.30. The van der Waals surface area contributed by atoms with Gasteiger partial charge in [-0.2, -0.15) is 0 Å². The Bertz CT molecular complexity index is 656. The van der Waals surface area contributed by atoms with E-state index in [0.29, 0.717) is 5.56 Å². The Morgan fingerprint density at radius 1 is 1.18 bits per heavy atom. The zero-order valence-corrected chi connectivity index (χ0v) is 12.6. The van der Waals surface area contributed by atoms with E-state index in [9.17, 15) is 14.3 Å². The molecule has 0 bridgehead atoms. The van der Waals surface area contributed by atoms with E-state index in [1.54, 1.807) is 0 Å². The van der Waals surface area contributed by atoms with Crippen LogP contribution in [0.5, 0.6) is 0 Å². The number of aliphatic hydroxyl groups excluding tert-OH is 1. The highest BCUT2D eigenvalue weighted by atomic mass is 19.1. The molecule has 0 aliphatic carbocycles. The minimum absolute atomic E-state index is 0.0440. The zero-order valence-electron chi connectivity index (χ0n) is 12.6. The zero-order chi connectivity index (χ0) is 16.1. The first-order chi connectivity index (χ1) is 10.5. The third kappa shape index (κ3) is 4.30. The van der Waals surface area contributed by atoms with Crippen LogP contribution < -0.4 is 10.6 Å². The fraction of sp³-hybridized carbons (Fsp3) is 0.235. The van der Waals surface area contributed by atoms with Crippen molar-refractivity contribution in [3.8, 4) is 0 Å². The molecule has 22 heavy (non-hydrogen) atoms. The quantitative estimate of drug-likeness (QED) is 0.811. The second kappa shape index (κ2) is 7.04. The lowest BCUT2D eigenvalue weighted by Gasteiger charge is -2.14. The molecule has 0 saturated heterocycles. The molecule has 0 aromatic heterocycles. The van der Waals surface area contributed by atoms with Crippen molar-refractivity contribution in [3.63, 3.8) is 0 Å². The molecule has 0 radical (unpaired) electrons. The number of urea groups is 1. The van der Waals surface area contributed by atoms with Crippen molar-refractivity contribution >= 4 is 11.7 Å². The Morgan fingerprint density at radius 2 is 1.86 bits per heavy atom. The monoisotopic (exact) mass is 302 g/mol. The van der Waals surface area contributed by atoms with Crippen molar-refractivity contribution in [3.05, 3.63) is 65.0 Å². The van der Waals surface area contributed by atoms with Crippen molar-refractivity contribution in [1.29, 1.82) is 0 Å². The van der Waals surface area contributed by atoms with Crippen LogP contribution in [-0.2, 0) is 0 Å². The van der Waals surface area contributed by atoms with Crippen LogP contribution in [0.4, 0.5) is 14.9 Å². The van der Waals surface area contributed by atoms with Crippen LogP contribution in [0.1, 0.15) is 22.8 Å². The minimum atomic E-state index is -0.884. The van der Waals surface area contributed by atoms with Gasteiger partial charge in [-0.1, -0.05) is 24.3 Å². The van der Waals surface area contributed by atoms with Crippen molar-refractivity contribution in [2.24, 2.45) is 0 Å². The second-order valence-corrected chi connectivity index (χ2v) is 5.22. The van der Waals surface area contributed by atoms with E-state index in [4.69, 9.17) is 0 Å². The number of hydrogen-bond acceptors (Lipinski definition) is 2. The molecule has 0 aliphatic heterocycles. The second-order valence-electron chi connectivity index (χ2n) is 5.22.